The van der Waals surface area contributed by atoms with Crippen molar-refractivity contribution in [3.8, 4) is 0 Å². The highest BCUT2D eigenvalue weighted by atomic mass is 14.9. The molecule has 1 N–H and O–H groups in total. The summed E-state index contributed by atoms with van der Waals surface area (Å²) in [5, 5.41) is 3.40. The minimum atomic E-state index is 0.547. The summed E-state index contributed by atoms with van der Waals surface area (Å²) in [6, 6.07) is 0.547. The van der Waals surface area contributed by atoms with E-state index in [9.17, 15) is 0 Å². The lowest BCUT2D eigenvalue weighted by molar-refractivity contribution is 0.459. The van der Waals surface area contributed by atoms with Crippen molar-refractivity contribution in [3.05, 3.63) is 0 Å². The van der Waals surface area contributed by atoms with Gasteiger partial charge in [-0.15, -0.1) is 0 Å². The van der Waals surface area contributed by atoms with E-state index in [1.54, 1.807) is 0 Å². The maximum Gasteiger partial charge on any atom is 0.0623 e. The number of rotatable bonds is 3. The minimum Gasteiger partial charge on any atom is -0.315 e. The third kappa shape index (κ3) is 3.47. The molecule has 0 aliphatic carbocycles. The fourth-order valence-corrected chi connectivity index (χ4v) is 1.83. The van der Waals surface area contributed by atoms with Crippen LogP contribution < -0.4 is 5.32 Å². The highest BCUT2D eigenvalue weighted by molar-refractivity contribution is 5.86. The van der Waals surface area contributed by atoms with Gasteiger partial charge < -0.3 is 5.32 Å². The van der Waals surface area contributed by atoms with Crippen molar-refractivity contribution >= 4 is 5.71 Å². The summed E-state index contributed by atoms with van der Waals surface area (Å²) in [6.07, 6.45) is 3.65. The Balaban J connectivity index is 2.49. The van der Waals surface area contributed by atoms with Crippen molar-refractivity contribution in [2.24, 2.45) is 10.9 Å². The summed E-state index contributed by atoms with van der Waals surface area (Å²) in [4.78, 5) is 4.81. The summed E-state index contributed by atoms with van der Waals surface area (Å²) in [6.45, 7) is 8.93. The molecule has 1 unspecified atom stereocenters. The van der Waals surface area contributed by atoms with Gasteiger partial charge in [0, 0.05) is 12.3 Å². The van der Waals surface area contributed by atoms with E-state index in [1.165, 1.54) is 25.1 Å². The van der Waals surface area contributed by atoms with Gasteiger partial charge in [0.25, 0.3) is 0 Å². The van der Waals surface area contributed by atoms with Gasteiger partial charge in [-0.05, 0) is 31.7 Å². The zero-order chi connectivity index (χ0) is 9.68. The van der Waals surface area contributed by atoms with E-state index in [0.29, 0.717) is 12.0 Å². The largest absolute Gasteiger partial charge is 0.315 e. The van der Waals surface area contributed by atoms with Gasteiger partial charge in [0.1, 0.15) is 0 Å². The number of aliphatic imine (C=N–C) groups is 1. The van der Waals surface area contributed by atoms with Crippen LogP contribution in [-0.4, -0.2) is 24.8 Å². The summed E-state index contributed by atoms with van der Waals surface area (Å²) in [5.74, 6) is 0.618. The summed E-state index contributed by atoms with van der Waals surface area (Å²) in [7, 11) is 0. The molecule has 0 aromatic carbocycles. The lowest BCUT2D eigenvalue weighted by atomic mass is 10.0. The summed E-state index contributed by atoms with van der Waals surface area (Å²) < 4.78 is 0. The lowest BCUT2D eigenvalue weighted by Gasteiger charge is -2.21. The molecule has 1 aliphatic rings. The first-order valence-electron chi connectivity index (χ1n) is 5.51. The van der Waals surface area contributed by atoms with Crippen molar-refractivity contribution in [1.29, 1.82) is 0 Å². The maximum absolute atomic E-state index is 4.81. The topological polar surface area (TPSA) is 24.4 Å². The normalized spacial score (nSPS) is 25.2. The first-order valence-corrected chi connectivity index (χ1v) is 5.51. The van der Waals surface area contributed by atoms with Gasteiger partial charge >= 0.3 is 0 Å². The lowest BCUT2D eigenvalue weighted by Crippen LogP contribution is -2.33. The zero-order valence-electron chi connectivity index (χ0n) is 9.14. The Labute approximate surface area is 81.8 Å². The molecule has 1 saturated heterocycles. The van der Waals surface area contributed by atoms with Crippen LogP contribution in [0.3, 0.4) is 0 Å². The average Bonchev–Trinajstić information content (AvgIpc) is 2.15. The van der Waals surface area contributed by atoms with E-state index >= 15 is 0 Å². The maximum atomic E-state index is 4.81. The van der Waals surface area contributed by atoms with Crippen molar-refractivity contribution in [2.45, 2.75) is 46.1 Å². The van der Waals surface area contributed by atoms with Crippen LogP contribution in [0.25, 0.3) is 0 Å². The van der Waals surface area contributed by atoms with E-state index in [2.05, 4.69) is 26.1 Å². The molecule has 2 nitrogen and oxygen atoms in total. The van der Waals surface area contributed by atoms with Gasteiger partial charge in [-0.3, -0.25) is 4.99 Å². The SMILES string of the molecule is CCC(=NC1CCCNC1)C(C)C. The van der Waals surface area contributed by atoms with Crippen LogP contribution in [0.5, 0.6) is 0 Å². The third-order valence-electron chi connectivity index (χ3n) is 2.65. The Bertz CT molecular complexity index is 167. The number of nitrogens with zero attached hydrogens (tertiary/aromatic N) is 1. The highest BCUT2D eigenvalue weighted by Crippen LogP contribution is 2.10. The van der Waals surface area contributed by atoms with E-state index in [1.807, 2.05) is 0 Å². The Morgan fingerprint density at radius 3 is 2.77 bits per heavy atom. The predicted molar refractivity (Wildman–Crippen MR) is 58.5 cm³/mol. The fourth-order valence-electron chi connectivity index (χ4n) is 1.83. The summed E-state index contributed by atoms with van der Waals surface area (Å²) >= 11 is 0. The number of nitrogens with one attached hydrogen (secondary N) is 1. The molecule has 0 amide bonds. The molecule has 0 bridgehead atoms. The second-order valence-electron chi connectivity index (χ2n) is 4.13. The molecular formula is C11H22N2. The molecular weight excluding hydrogens is 160 g/mol. The standard InChI is InChI=1S/C11H22N2/c1-4-11(9(2)3)13-10-6-5-7-12-8-10/h9-10,12H,4-8H2,1-3H3. The van der Waals surface area contributed by atoms with E-state index in [-0.39, 0.29) is 0 Å². The molecule has 1 atom stereocenters. The van der Waals surface area contributed by atoms with Gasteiger partial charge in [0.2, 0.25) is 0 Å². The van der Waals surface area contributed by atoms with E-state index in [4.69, 9.17) is 4.99 Å². The van der Waals surface area contributed by atoms with Crippen molar-refractivity contribution < 1.29 is 0 Å². The molecule has 0 aromatic rings. The van der Waals surface area contributed by atoms with Crippen LogP contribution in [0.15, 0.2) is 4.99 Å². The first-order chi connectivity index (χ1) is 6.24. The van der Waals surface area contributed by atoms with Gasteiger partial charge in [0.05, 0.1) is 6.04 Å². The van der Waals surface area contributed by atoms with Crippen LogP contribution in [0.1, 0.15) is 40.0 Å². The molecule has 1 rings (SSSR count). The van der Waals surface area contributed by atoms with Gasteiger partial charge in [-0.25, -0.2) is 0 Å². The number of piperidine rings is 1. The first kappa shape index (κ1) is 10.7. The molecule has 2 heteroatoms. The number of hydrogen-bond acceptors (Lipinski definition) is 2. The molecule has 13 heavy (non-hydrogen) atoms. The van der Waals surface area contributed by atoms with Gasteiger partial charge in [0.15, 0.2) is 0 Å². The van der Waals surface area contributed by atoms with Gasteiger partial charge in [-0.2, -0.15) is 0 Å². The molecule has 1 aliphatic heterocycles. The van der Waals surface area contributed by atoms with Crippen LogP contribution in [-0.2, 0) is 0 Å². The van der Waals surface area contributed by atoms with Crippen LogP contribution >= 0.6 is 0 Å². The van der Waals surface area contributed by atoms with Crippen LogP contribution in [0, 0.1) is 5.92 Å². The molecule has 76 valence electrons. The quantitative estimate of drug-likeness (QED) is 0.665. The Hall–Kier alpha value is -0.370. The van der Waals surface area contributed by atoms with Crippen LogP contribution in [0.2, 0.25) is 0 Å². The third-order valence-corrected chi connectivity index (χ3v) is 2.65. The molecule has 1 fully saturated rings. The Morgan fingerprint density at radius 1 is 1.54 bits per heavy atom. The van der Waals surface area contributed by atoms with E-state index < -0.39 is 0 Å². The minimum absolute atomic E-state index is 0.547. The molecule has 1 heterocycles. The zero-order valence-corrected chi connectivity index (χ0v) is 9.14. The number of hydrogen-bond donors (Lipinski definition) is 1. The molecule has 0 radical (unpaired) electrons. The molecule has 0 spiro atoms. The molecule has 0 saturated carbocycles. The van der Waals surface area contributed by atoms with Crippen molar-refractivity contribution in [2.75, 3.05) is 13.1 Å². The highest BCUT2D eigenvalue weighted by Gasteiger charge is 2.12. The van der Waals surface area contributed by atoms with Crippen LogP contribution in [0.4, 0.5) is 0 Å². The van der Waals surface area contributed by atoms with Crippen molar-refractivity contribution in [1.82, 2.24) is 5.32 Å². The smallest absolute Gasteiger partial charge is 0.0623 e. The van der Waals surface area contributed by atoms with Crippen molar-refractivity contribution in [3.63, 3.8) is 0 Å². The summed E-state index contributed by atoms with van der Waals surface area (Å²) in [5.41, 5.74) is 1.38. The van der Waals surface area contributed by atoms with E-state index in [0.717, 1.165) is 13.0 Å². The Kier molecular flexibility index (Phi) is 4.43. The van der Waals surface area contributed by atoms with Gasteiger partial charge in [-0.1, -0.05) is 20.8 Å². The second kappa shape index (κ2) is 5.38. The average molecular weight is 182 g/mol. The monoisotopic (exact) mass is 182 g/mol. The fraction of sp³-hybridized carbons (Fsp3) is 0.909. The molecule has 0 aromatic heterocycles. The predicted octanol–water partition coefficient (Wildman–Crippen LogP) is 2.25. The second-order valence-corrected chi connectivity index (χ2v) is 4.13. The Morgan fingerprint density at radius 2 is 2.31 bits per heavy atom.